The predicted molar refractivity (Wildman–Crippen MR) is 94.7 cm³/mol. The summed E-state index contributed by atoms with van der Waals surface area (Å²) >= 11 is 6.18. The molecule has 0 aliphatic heterocycles. The molecule has 2 aromatic rings. The quantitative estimate of drug-likeness (QED) is 0.624. The van der Waals surface area contributed by atoms with E-state index in [0.717, 1.165) is 18.4 Å². The second kappa shape index (κ2) is 8.73. The molecule has 2 rings (SSSR count). The van der Waals surface area contributed by atoms with Gasteiger partial charge < -0.3 is 4.74 Å². The van der Waals surface area contributed by atoms with Crippen molar-refractivity contribution in [2.45, 2.75) is 45.6 Å². The second-order valence-electron chi connectivity index (χ2n) is 6.01. The predicted octanol–water partition coefficient (Wildman–Crippen LogP) is 5.53. The fourth-order valence-corrected chi connectivity index (χ4v) is 2.55. The molecule has 0 saturated heterocycles. The average molecular weight is 331 g/mol. The first kappa shape index (κ1) is 17.6. The summed E-state index contributed by atoms with van der Waals surface area (Å²) in [7, 11) is 0. The molecule has 0 N–H and O–H groups in total. The van der Waals surface area contributed by atoms with Crippen LogP contribution < -0.4 is 0 Å². The number of halogens is 1. The van der Waals surface area contributed by atoms with Gasteiger partial charge in [-0.15, -0.1) is 0 Å². The molecule has 0 heterocycles. The first-order chi connectivity index (χ1) is 11.1. The molecule has 0 aromatic heterocycles. The van der Waals surface area contributed by atoms with Crippen molar-refractivity contribution < 1.29 is 9.53 Å². The topological polar surface area (TPSA) is 26.3 Å². The van der Waals surface area contributed by atoms with Gasteiger partial charge in [-0.3, -0.25) is 4.79 Å². The smallest absolute Gasteiger partial charge is 0.306 e. The van der Waals surface area contributed by atoms with Crippen molar-refractivity contribution in [2.75, 3.05) is 0 Å². The van der Waals surface area contributed by atoms with Gasteiger partial charge in [0.2, 0.25) is 0 Å². The van der Waals surface area contributed by atoms with E-state index < -0.39 is 0 Å². The lowest BCUT2D eigenvalue weighted by Gasteiger charge is -2.11. The first-order valence-corrected chi connectivity index (χ1v) is 8.42. The van der Waals surface area contributed by atoms with Gasteiger partial charge in [-0.2, -0.15) is 0 Å². The molecule has 23 heavy (non-hydrogen) atoms. The van der Waals surface area contributed by atoms with Crippen LogP contribution in [-0.4, -0.2) is 5.97 Å². The van der Waals surface area contributed by atoms with Crippen LogP contribution in [0, 0.1) is 0 Å². The zero-order chi connectivity index (χ0) is 16.7. The Balaban J connectivity index is 1.79. The molecule has 0 atom stereocenters. The molecule has 2 nitrogen and oxygen atoms in total. The summed E-state index contributed by atoms with van der Waals surface area (Å²) in [5.41, 5.74) is 3.31. The highest BCUT2D eigenvalue weighted by atomic mass is 35.5. The summed E-state index contributed by atoms with van der Waals surface area (Å²) in [6.07, 6.45) is 2.11. The van der Waals surface area contributed by atoms with E-state index in [0.29, 0.717) is 17.4 Å². The van der Waals surface area contributed by atoms with Gasteiger partial charge in [0.15, 0.2) is 0 Å². The standard InChI is InChI=1S/C20H23ClO2/c1-15(2)17-11-12-19(21)18(13-17)14-23-20(22)10-6-9-16-7-4-3-5-8-16/h3-5,7-8,11-13,15H,6,9-10,14H2,1-2H3. The molecule has 0 unspecified atom stereocenters. The van der Waals surface area contributed by atoms with Crippen LogP contribution in [0.2, 0.25) is 5.02 Å². The summed E-state index contributed by atoms with van der Waals surface area (Å²) in [6.45, 7) is 4.49. The van der Waals surface area contributed by atoms with E-state index in [1.54, 1.807) is 0 Å². The number of esters is 1. The summed E-state index contributed by atoms with van der Waals surface area (Å²) in [5.74, 6) is 0.250. The maximum absolute atomic E-state index is 11.9. The number of ether oxygens (including phenoxy) is 1. The first-order valence-electron chi connectivity index (χ1n) is 8.04. The number of carbonyl (C=O) groups is 1. The van der Waals surface area contributed by atoms with Gasteiger partial charge in [-0.05, 0) is 36.0 Å². The molecule has 0 fully saturated rings. The lowest BCUT2D eigenvalue weighted by Crippen LogP contribution is -2.06. The Labute approximate surface area is 143 Å². The van der Waals surface area contributed by atoms with E-state index in [-0.39, 0.29) is 12.6 Å². The lowest BCUT2D eigenvalue weighted by atomic mass is 10.0. The molecule has 3 heteroatoms. The lowest BCUT2D eigenvalue weighted by molar-refractivity contribution is -0.145. The van der Waals surface area contributed by atoms with Gasteiger partial charge >= 0.3 is 5.97 Å². The van der Waals surface area contributed by atoms with Crippen LogP contribution in [0.15, 0.2) is 48.5 Å². The van der Waals surface area contributed by atoms with Crippen molar-refractivity contribution in [1.82, 2.24) is 0 Å². The molecular weight excluding hydrogens is 308 g/mol. The van der Waals surface area contributed by atoms with E-state index >= 15 is 0 Å². The Hall–Kier alpha value is -1.80. The summed E-state index contributed by atoms with van der Waals surface area (Å²) in [6, 6.07) is 16.1. The SMILES string of the molecule is CC(C)c1ccc(Cl)c(COC(=O)CCCc2ccccc2)c1. The van der Waals surface area contributed by atoms with Crippen LogP contribution in [0.25, 0.3) is 0 Å². The van der Waals surface area contributed by atoms with E-state index in [2.05, 4.69) is 26.0 Å². The Bertz CT molecular complexity index is 635. The second-order valence-corrected chi connectivity index (χ2v) is 6.41. The van der Waals surface area contributed by atoms with E-state index in [1.807, 2.05) is 36.4 Å². The van der Waals surface area contributed by atoms with E-state index in [1.165, 1.54) is 11.1 Å². The number of aryl methyl sites for hydroxylation is 1. The summed E-state index contributed by atoms with van der Waals surface area (Å²) < 4.78 is 5.36. The van der Waals surface area contributed by atoms with Crippen molar-refractivity contribution in [3.05, 3.63) is 70.2 Å². The zero-order valence-corrected chi connectivity index (χ0v) is 14.5. The minimum Gasteiger partial charge on any atom is -0.461 e. The highest BCUT2D eigenvalue weighted by Gasteiger charge is 2.08. The van der Waals surface area contributed by atoms with Crippen LogP contribution in [0.3, 0.4) is 0 Å². The third-order valence-electron chi connectivity index (χ3n) is 3.81. The molecule has 0 amide bonds. The Kier molecular flexibility index (Phi) is 6.66. The van der Waals surface area contributed by atoms with Crippen LogP contribution in [0.1, 0.15) is 49.3 Å². The Morgan fingerprint density at radius 1 is 1.13 bits per heavy atom. The Morgan fingerprint density at radius 2 is 1.87 bits per heavy atom. The van der Waals surface area contributed by atoms with Crippen LogP contribution in [0.5, 0.6) is 0 Å². The van der Waals surface area contributed by atoms with E-state index in [9.17, 15) is 4.79 Å². The summed E-state index contributed by atoms with van der Waals surface area (Å²) in [5, 5.41) is 0.645. The average Bonchev–Trinajstić information content (AvgIpc) is 2.55. The minimum atomic E-state index is -0.174. The largest absolute Gasteiger partial charge is 0.461 e. The van der Waals surface area contributed by atoms with Gasteiger partial charge in [-0.1, -0.05) is 67.9 Å². The van der Waals surface area contributed by atoms with Gasteiger partial charge in [0.05, 0.1) is 0 Å². The molecule has 0 saturated carbocycles. The van der Waals surface area contributed by atoms with Crippen molar-refractivity contribution in [3.63, 3.8) is 0 Å². The molecule has 0 aliphatic carbocycles. The maximum atomic E-state index is 11.9. The molecule has 2 aromatic carbocycles. The van der Waals surface area contributed by atoms with Crippen molar-refractivity contribution in [1.29, 1.82) is 0 Å². The molecule has 0 aliphatic rings. The highest BCUT2D eigenvalue weighted by molar-refractivity contribution is 6.31. The van der Waals surface area contributed by atoms with Gasteiger partial charge in [0.25, 0.3) is 0 Å². The highest BCUT2D eigenvalue weighted by Crippen LogP contribution is 2.23. The zero-order valence-electron chi connectivity index (χ0n) is 13.7. The van der Waals surface area contributed by atoms with Crippen molar-refractivity contribution in [3.8, 4) is 0 Å². The number of rotatable bonds is 7. The van der Waals surface area contributed by atoms with Crippen molar-refractivity contribution >= 4 is 17.6 Å². The molecule has 0 spiro atoms. The number of benzene rings is 2. The molecule has 122 valence electrons. The number of hydrogen-bond acceptors (Lipinski definition) is 2. The molecule has 0 radical (unpaired) electrons. The number of carbonyl (C=O) groups excluding carboxylic acids is 1. The minimum absolute atomic E-state index is 0.174. The van der Waals surface area contributed by atoms with Crippen LogP contribution in [0.4, 0.5) is 0 Å². The molecular formula is C20H23ClO2. The van der Waals surface area contributed by atoms with Crippen LogP contribution in [-0.2, 0) is 22.6 Å². The number of hydrogen-bond donors (Lipinski definition) is 0. The summed E-state index contributed by atoms with van der Waals surface area (Å²) in [4.78, 5) is 11.9. The molecule has 0 bridgehead atoms. The fraction of sp³-hybridized carbons (Fsp3) is 0.350. The van der Waals surface area contributed by atoms with Crippen molar-refractivity contribution in [2.24, 2.45) is 0 Å². The normalized spacial score (nSPS) is 10.8. The van der Waals surface area contributed by atoms with Gasteiger partial charge in [0, 0.05) is 17.0 Å². The third kappa shape index (κ3) is 5.72. The van der Waals surface area contributed by atoms with Crippen LogP contribution >= 0.6 is 11.6 Å². The van der Waals surface area contributed by atoms with E-state index in [4.69, 9.17) is 16.3 Å². The van der Waals surface area contributed by atoms with Gasteiger partial charge in [0.1, 0.15) is 6.61 Å². The fourth-order valence-electron chi connectivity index (χ4n) is 2.38. The third-order valence-corrected chi connectivity index (χ3v) is 4.18. The monoisotopic (exact) mass is 330 g/mol. The van der Waals surface area contributed by atoms with Gasteiger partial charge in [-0.25, -0.2) is 0 Å². The maximum Gasteiger partial charge on any atom is 0.306 e. The Morgan fingerprint density at radius 3 is 2.57 bits per heavy atom.